The van der Waals surface area contributed by atoms with Gasteiger partial charge in [-0.1, -0.05) is 0 Å². The summed E-state index contributed by atoms with van der Waals surface area (Å²) in [6.45, 7) is 1.80. The first kappa shape index (κ1) is 18.6. The Labute approximate surface area is 172 Å². The molecule has 2 aliphatic rings. The molecule has 30 heavy (non-hydrogen) atoms. The van der Waals surface area contributed by atoms with Crippen molar-refractivity contribution in [1.29, 1.82) is 0 Å². The van der Waals surface area contributed by atoms with Gasteiger partial charge in [0.15, 0.2) is 11.5 Å². The minimum absolute atomic E-state index is 0.112. The Morgan fingerprint density at radius 2 is 1.63 bits per heavy atom. The quantitative estimate of drug-likeness (QED) is 0.668. The molecule has 1 aromatic carbocycles. The van der Waals surface area contributed by atoms with Crippen molar-refractivity contribution < 1.29 is 18.4 Å². The number of halogens is 1. The zero-order valence-electron chi connectivity index (χ0n) is 16.4. The Hall–Kier alpha value is -3.42. The third-order valence-electron chi connectivity index (χ3n) is 5.79. The number of furan rings is 1. The van der Waals surface area contributed by atoms with Crippen molar-refractivity contribution in [1.82, 2.24) is 19.6 Å². The minimum Gasteiger partial charge on any atom is -0.459 e. The fourth-order valence-electron chi connectivity index (χ4n) is 4.22. The molecule has 0 unspecified atom stereocenters. The molecule has 2 amide bonds. The van der Waals surface area contributed by atoms with Crippen LogP contribution in [0.25, 0.3) is 5.69 Å². The van der Waals surface area contributed by atoms with Gasteiger partial charge in [-0.2, -0.15) is 5.10 Å². The Kier molecular flexibility index (Phi) is 4.61. The Morgan fingerprint density at radius 1 is 0.933 bits per heavy atom. The van der Waals surface area contributed by atoms with Crippen LogP contribution in [0.3, 0.4) is 0 Å². The molecule has 1 aliphatic carbocycles. The number of hydrogen-bond donors (Lipinski definition) is 0. The van der Waals surface area contributed by atoms with Gasteiger partial charge in [-0.3, -0.25) is 9.59 Å². The van der Waals surface area contributed by atoms with Crippen LogP contribution in [-0.4, -0.2) is 57.6 Å². The molecule has 0 saturated carbocycles. The largest absolute Gasteiger partial charge is 0.459 e. The van der Waals surface area contributed by atoms with E-state index in [2.05, 4.69) is 5.10 Å². The highest BCUT2D eigenvalue weighted by Gasteiger charge is 2.32. The van der Waals surface area contributed by atoms with Gasteiger partial charge in [0.2, 0.25) is 0 Å². The zero-order valence-corrected chi connectivity index (χ0v) is 16.4. The lowest BCUT2D eigenvalue weighted by Crippen LogP contribution is -2.50. The summed E-state index contributed by atoms with van der Waals surface area (Å²) in [7, 11) is 0. The Bertz CT molecular complexity index is 1080. The van der Waals surface area contributed by atoms with Crippen molar-refractivity contribution in [3.63, 3.8) is 0 Å². The molecule has 8 heteroatoms. The smallest absolute Gasteiger partial charge is 0.289 e. The molecule has 0 bridgehead atoms. The van der Waals surface area contributed by atoms with E-state index in [0.717, 1.165) is 36.2 Å². The van der Waals surface area contributed by atoms with E-state index in [0.29, 0.717) is 37.6 Å². The van der Waals surface area contributed by atoms with Crippen molar-refractivity contribution in [2.45, 2.75) is 19.3 Å². The van der Waals surface area contributed by atoms with Crippen LogP contribution in [0.4, 0.5) is 4.39 Å². The van der Waals surface area contributed by atoms with Gasteiger partial charge < -0.3 is 14.2 Å². The number of rotatable bonds is 3. The number of benzene rings is 1. The molecule has 3 aromatic rings. The first-order valence-electron chi connectivity index (χ1n) is 10.1. The highest BCUT2D eigenvalue weighted by Crippen LogP contribution is 2.29. The van der Waals surface area contributed by atoms with E-state index >= 15 is 0 Å². The molecular formula is C22H21FN4O3. The Morgan fingerprint density at radius 3 is 2.30 bits per heavy atom. The first-order valence-corrected chi connectivity index (χ1v) is 10.1. The van der Waals surface area contributed by atoms with E-state index in [-0.39, 0.29) is 17.6 Å². The third-order valence-corrected chi connectivity index (χ3v) is 5.79. The Balaban J connectivity index is 1.34. The summed E-state index contributed by atoms with van der Waals surface area (Å²) < 4.78 is 20.3. The van der Waals surface area contributed by atoms with Crippen molar-refractivity contribution >= 4 is 11.8 Å². The van der Waals surface area contributed by atoms with Gasteiger partial charge in [0.05, 0.1) is 12.0 Å². The van der Waals surface area contributed by atoms with E-state index < -0.39 is 0 Å². The lowest BCUT2D eigenvalue weighted by atomic mass is 10.1. The lowest BCUT2D eigenvalue weighted by Gasteiger charge is -2.34. The molecular weight excluding hydrogens is 387 g/mol. The SMILES string of the molecule is O=C(c1ccco1)N1CCN(C(=O)c2nn(-c3ccc(F)cc3)c3c2CCC3)CC1. The minimum atomic E-state index is -0.305. The van der Waals surface area contributed by atoms with Gasteiger partial charge in [0, 0.05) is 37.4 Å². The van der Waals surface area contributed by atoms with Crippen molar-refractivity contribution in [3.8, 4) is 5.69 Å². The number of amides is 2. The van der Waals surface area contributed by atoms with Crippen molar-refractivity contribution in [2.75, 3.05) is 26.2 Å². The first-order chi connectivity index (χ1) is 14.6. The molecule has 1 aliphatic heterocycles. The average Bonchev–Trinajstić information content (AvgIpc) is 3.52. The van der Waals surface area contributed by atoms with Crippen molar-refractivity contribution in [3.05, 3.63) is 71.2 Å². The van der Waals surface area contributed by atoms with Crippen molar-refractivity contribution in [2.24, 2.45) is 0 Å². The molecule has 2 aromatic heterocycles. The normalized spacial score (nSPS) is 16.0. The fourth-order valence-corrected chi connectivity index (χ4v) is 4.22. The summed E-state index contributed by atoms with van der Waals surface area (Å²) in [4.78, 5) is 29.1. The van der Waals surface area contributed by atoms with E-state index in [1.165, 1.54) is 18.4 Å². The predicted molar refractivity (Wildman–Crippen MR) is 106 cm³/mol. The van der Waals surface area contributed by atoms with Gasteiger partial charge in [-0.25, -0.2) is 9.07 Å². The summed E-state index contributed by atoms with van der Waals surface area (Å²) in [5.74, 6) is -0.265. The van der Waals surface area contributed by atoms with Crippen LogP contribution in [0.2, 0.25) is 0 Å². The third kappa shape index (κ3) is 3.18. The van der Waals surface area contributed by atoms with Crippen LogP contribution in [0.15, 0.2) is 47.1 Å². The number of hydrogen-bond acceptors (Lipinski definition) is 4. The van der Waals surface area contributed by atoms with Crippen LogP contribution in [0.5, 0.6) is 0 Å². The number of carbonyl (C=O) groups is 2. The predicted octanol–water partition coefficient (Wildman–Crippen LogP) is 2.69. The maximum absolute atomic E-state index is 13.3. The molecule has 7 nitrogen and oxygen atoms in total. The van der Waals surface area contributed by atoms with Gasteiger partial charge in [0.1, 0.15) is 5.82 Å². The number of carbonyl (C=O) groups excluding carboxylic acids is 2. The second kappa shape index (κ2) is 7.44. The van der Waals surface area contributed by atoms with E-state index in [9.17, 15) is 14.0 Å². The van der Waals surface area contributed by atoms with Crippen LogP contribution < -0.4 is 0 Å². The standard InChI is InChI=1S/C22H21FN4O3/c23-15-6-8-16(9-7-15)27-18-4-1-3-17(18)20(24-27)22(29)26-12-10-25(11-13-26)21(28)19-5-2-14-30-19/h2,5-9,14H,1,3-4,10-13H2. The summed E-state index contributed by atoms with van der Waals surface area (Å²) in [5, 5.41) is 4.61. The molecule has 1 fully saturated rings. The summed E-state index contributed by atoms with van der Waals surface area (Å²) >= 11 is 0. The van der Waals surface area contributed by atoms with Gasteiger partial charge >= 0.3 is 0 Å². The molecule has 5 rings (SSSR count). The van der Waals surface area contributed by atoms with Crippen LogP contribution in [0.1, 0.15) is 38.7 Å². The second-order valence-corrected chi connectivity index (χ2v) is 7.58. The number of fused-ring (bicyclic) bond motifs is 1. The number of nitrogens with zero attached hydrogens (tertiary/aromatic N) is 4. The van der Waals surface area contributed by atoms with Gasteiger partial charge in [-0.05, 0) is 55.7 Å². The highest BCUT2D eigenvalue weighted by molar-refractivity contribution is 5.95. The van der Waals surface area contributed by atoms with Crippen LogP contribution in [0, 0.1) is 5.82 Å². The lowest BCUT2D eigenvalue weighted by molar-refractivity contribution is 0.0514. The maximum Gasteiger partial charge on any atom is 0.289 e. The van der Waals surface area contributed by atoms with Gasteiger partial charge in [0.25, 0.3) is 11.8 Å². The second-order valence-electron chi connectivity index (χ2n) is 7.58. The summed E-state index contributed by atoms with van der Waals surface area (Å²) in [6, 6.07) is 9.48. The highest BCUT2D eigenvalue weighted by atomic mass is 19.1. The van der Waals surface area contributed by atoms with E-state index in [1.54, 1.807) is 38.7 Å². The van der Waals surface area contributed by atoms with Gasteiger partial charge in [-0.15, -0.1) is 0 Å². The molecule has 0 atom stereocenters. The van der Waals surface area contributed by atoms with E-state index in [4.69, 9.17) is 4.42 Å². The average molecular weight is 408 g/mol. The zero-order chi connectivity index (χ0) is 20.7. The number of aromatic nitrogens is 2. The molecule has 0 N–H and O–H groups in total. The maximum atomic E-state index is 13.3. The molecule has 0 spiro atoms. The topological polar surface area (TPSA) is 71.6 Å². The molecule has 1 saturated heterocycles. The fraction of sp³-hybridized carbons (Fsp3) is 0.318. The molecule has 154 valence electrons. The summed E-state index contributed by atoms with van der Waals surface area (Å²) in [5.41, 5.74) is 3.23. The summed E-state index contributed by atoms with van der Waals surface area (Å²) in [6.07, 6.45) is 4.11. The molecule has 3 heterocycles. The van der Waals surface area contributed by atoms with E-state index in [1.807, 2.05) is 0 Å². The van der Waals surface area contributed by atoms with Crippen LogP contribution in [-0.2, 0) is 12.8 Å². The van der Waals surface area contributed by atoms with Crippen LogP contribution >= 0.6 is 0 Å². The number of piperazine rings is 1. The molecule has 0 radical (unpaired) electrons. The monoisotopic (exact) mass is 408 g/mol.